The smallest absolute Gasteiger partial charge is 0.252 e. The van der Waals surface area contributed by atoms with Crippen molar-refractivity contribution in [2.75, 3.05) is 19.6 Å². The SMILES string of the molecule is CC(C)(C)c1ccc(N(c2ccc(C(C)(C)C)cc2)c2ccc3c(c2)N(c2cccc4c2oc2ccccc24)c2cc(N(c4ccccc4)c4ccccc4)cc4c2B3c2cc(C(C)(C)C)cc3c2N4c2cc(C(C)(C)C)cc4c5cc(C(C)(C)C)ccc5n-3c24)cc1. The zero-order chi connectivity index (χ0) is 64.6. The summed E-state index contributed by atoms with van der Waals surface area (Å²) in [5, 5.41) is 4.72. The molecule has 0 N–H and O–H groups in total. The van der Waals surface area contributed by atoms with Crippen molar-refractivity contribution in [3.63, 3.8) is 0 Å². The molecule has 7 heteroatoms. The molecule has 0 fully saturated rings. The first-order valence-corrected chi connectivity index (χ1v) is 33.4. The zero-order valence-electron chi connectivity index (χ0n) is 56.6. The fraction of sp³-hybridized carbons (Fsp3) is 0.233. The van der Waals surface area contributed by atoms with Crippen LogP contribution in [0.15, 0.2) is 229 Å². The number of para-hydroxylation sites is 4. The first-order chi connectivity index (χ1) is 44.3. The number of benzene rings is 11. The average molecular weight is 1210 g/mol. The molecule has 460 valence electrons. The molecule has 5 heterocycles. The molecule has 3 aliphatic heterocycles. The molecule has 16 rings (SSSR count). The lowest BCUT2D eigenvalue weighted by Gasteiger charge is -2.47. The van der Waals surface area contributed by atoms with Gasteiger partial charge in [-0.15, -0.1) is 0 Å². The molecule has 0 saturated carbocycles. The lowest BCUT2D eigenvalue weighted by atomic mass is 9.33. The molecule has 6 nitrogen and oxygen atoms in total. The van der Waals surface area contributed by atoms with Crippen LogP contribution in [-0.4, -0.2) is 11.3 Å². The number of rotatable bonds is 7. The van der Waals surface area contributed by atoms with Gasteiger partial charge in [0.2, 0.25) is 0 Å². The number of hydrogen-bond donors (Lipinski definition) is 0. The number of fused-ring (bicyclic) bond motifs is 12. The molecule has 2 aromatic heterocycles. The second-order valence-electron chi connectivity index (χ2n) is 31.6. The maximum atomic E-state index is 7.26. The number of nitrogens with zero attached hydrogens (tertiary/aromatic N) is 5. The van der Waals surface area contributed by atoms with Crippen molar-refractivity contribution < 1.29 is 4.42 Å². The summed E-state index contributed by atoms with van der Waals surface area (Å²) >= 11 is 0. The third-order valence-electron chi connectivity index (χ3n) is 20.2. The van der Waals surface area contributed by atoms with E-state index >= 15 is 0 Å². The Balaban J connectivity index is 1.08. The highest BCUT2D eigenvalue weighted by Crippen LogP contribution is 2.57. The highest BCUT2D eigenvalue weighted by molar-refractivity contribution is 7.00. The van der Waals surface area contributed by atoms with Gasteiger partial charge in [0.05, 0.1) is 39.5 Å². The minimum atomic E-state index is -0.212. The van der Waals surface area contributed by atoms with Gasteiger partial charge in [-0.2, -0.15) is 0 Å². The summed E-state index contributed by atoms with van der Waals surface area (Å²) in [6.45, 7) is 34.8. The largest absolute Gasteiger partial charge is 0.454 e. The van der Waals surface area contributed by atoms with Gasteiger partial charge < -0.3 is 28.6 Å². The standard InChI is InChI=1S/C86H82BN5O/c1-82(2,3)53-33-38-60(39-34-53)88(61-40-35-54(36-41-61)83(4,5)6)62-42-43-68-72(50-62)90(71-31-24-30-65-64-29-22-23-32-77(64)93-81(65)71)73-51-63(89(58-25-18-16-19-26-58)59-27-20-17-21-28-59)52-74-78(73)87(68)69-47-57(86(13,14)15)49-76-80(69)92(74)75-48-56(85(10,11)12)46-67-66-45-55(84(7,8)9)37-44-70(66)91(76)79(67)75/h16-52H,1-15H3. The highest BCUT2D eigenvalue weighted by Gasteiger charge is 2.48. The Morgan fingerprint density at radius 3 is 1.40 bits per heavy atom. The van der Waals surface area contributed by atoms with E-state index in [2.05, 4.69) is 352 Å². The molecule has 93 heavy (non-hydrogen) atoms. The molecule has 0 radical (unpaired) electrons. The summed E-state index contributed by atoms with van der Waals surface area (Å²) in [7, 11) is 0. The minimum absolute atomic E-state index is 0.0182. The second-order valence-corrected chi connectivity index (χ2v) is 31.6. The Labute approximate surface area is 549 Å². The van der Waals surface area contributed by atoms with Crippen molar-refractivity contribution in [2.24, 2.45) is 0 Å². The van der Waals surface area contributed by atoms with Crippen LogP contribution < -0.4 is 36.0 Å². The highest BCUT2D eigenvalue weighted by atomic mass is 16.3. The van der Waals surface area contributed by atoms with Crippen molar-refractivity contribution in [2.45, 2.75) is 131 Å². The van der Waals surface area contributed by atoms with Gasteiger partial charge in [0.15, 0.2) is 5.58 Å². The van der Waals surface area contributed by atoms with Crippen LogP contribution in [0.25, 0.3) is 49.4 Å². The van der Waals surface area contributed by atoms with Crippen molar-refractivity contribution in [3.05, 3.63) is 252 Å². The molecule has 0 atom stereocenters. The van der Waals surface area contributed by atoms with E-state index in [4.69, 9.17) is 4.42 Å². The van der Waals surface area contributed by atoms with Crippen LogP contribution in [-0.2, 0) is 27.1 Å². The molecule has 0 spiro atoms. The Bertz CT molecular complexity index is 5080. The summed E-state index contributed by atoms with van der Waals surface area (Å²) in [6, 6.07) is 85.5. The van der Waals surface area contributed by atoms with E-state index in [-0.39, 0.29) is 33.8 Å². The molecule has 0 unspecified atom stereocenters. The Kier molecular flexibility index (Phi) is 12.8. The second kappa shape index (κ2) is 20.4. The van der Waals surface area contributed by atoms with Gasteiger partial charge in [-0.25, -0.2) is 0 Å². The molecule has 3 aliphatic rings. The molecule has 11 aromatic carbocycles. The molecular weight excluding hydrogens is 1130 g/mol. The van der Waals surface area contributed by atoms with Crippen molar-refractivity contribution >= 4 is 135 Å². The quantitative estimate of drug-likeness (QED) is 0.148. The molecule has 13 aromatic rings. The van der Waals surface area contributed by atoms with Crippen LogP contribution in [0.4, 0.5) is 68.2 Å². The molecule has 0 aliphatic carbocycles. The van der Waals surface area contributed by atoms with E-state index in [1.54, 1.807) is 0 Å². The van der Waals surface area contributed by atoms with Crippen LogP contribution in [0.3, 0.4) is 0 Å². The van der Waals surface area contributed by atoms with Crippen molar-refractivity contribution in [1.82, 2.24) is 4.57 Å². The average Bonchev–Trinajstić information content (AvgIpc) is 1.66. The topological polar surface area (TPSA) is 31.0 Å². The van der Waals surface area contributed by atoms with E-state index in [1.807, 2.05) is 0 Å². The van der Waals surface area contributed by atoms with E-state index in [0.29, 0.717) is 0 Å². The monoisotopic (exact) mass is 1210 g/mol. The Morgan fingerprint density at radius 2 is 0.796 bits per heavy atom. The Hall–Kier alpha value is -9.72. The minimum Gasteiger partial charge on any atom is -0.454 e. The lowest BCUT2D eigenvalue weighted by molar-refractivity contribution is 0.590. The first kappa shape index (κ1) is 58.4. The van der Waals surface area contributed by atoms with E-state index in [9.17, 15) is 0 Å². The number of hydrogen-bond acceptors (Lipinski definition) is 5. The van der Waals surface area contributed by atoms with Crippen LogP contribution in [0.2, 0.25) is 0 Å². The van der Waals surface area contributed by atoms with E-state index in [0.717, 1.165) is 78.8 Å². The summed E-state index contributed by atoms with van der Waals surface area (Å²) in [6.07, 6.45) is 0. The van der Waals surface area contributed by atoms with Crippen molar-refractivity contribution in [1.29, 1.82) is 0 Å². The van der Waals surface area contributed by atoms with Gasteiger partial charge >= 0.3 is 0 Å². The van der Waals surface area contributed by atoms with Crippen LogP contribution in [0.1, 0.15) is 132 Å². The fourth-order valence-corrected chi connectivity index (χ4v) is 15.1. The van der Waals surface area contributed by atoms with Crippen LogP contribution in [0.5, 0.6) is 0 Å². The fourth-order valence-electron chi connectivity index (χ4n) is 15.1. The maximum Gasteiger partial charge on any atom is 0.252 e. The molecular formula is C86H82BN5O. The first-order valence-electron chi connectivity index (χ1n) is 33.4. The molecule has 0 saturated heterocycles. The molecule has 0 amide bonds. The Morgan fingerprint density at radius 1 is 0.312 bits per heavy atom. The van der Waals surface area contributed by atoms with Gasteiger partial charge in [0, 0.05) is 67.0 Å². The summed E-state index contributed by atoms with van der Waals surface area (Å²) in [5.41, 5.74) is 28.3. The summed E-state index contributed by atoms with van der Waals surface area (Å²) < 4.78 is 9.90. The molecule has 0 bridgehead atoms. The predicted octanol–water partition coefficient (Wildman–Crippen LogP) is 22.5. The number of furan rings is 1. The van der Waals surface area contributed by atoms with Crippen LogP contribution >= 0.6 is 0 Å². The third kappa shape index (κ3) is 9.26. The summed E-state index contributed by atoms with van der Waals surface area (Å²) in [4.78, 5) is 10.2. The third-order valence-corrected chi connectivity index (χ3v) is 20.2. The van der Waals surface area contributed by atoms with E-state index in [1.165, 1.54) is 83.1 Å². The number of anilines is 12. The summed E-state index contributed by atoms with van der Waals surface area (Å²) in [5.74, 6) is 0. The van der Waals surface area contributed by atoms with Gasteiger partial charge in [-0.1, -0.05) is 213 Å². The van der Waals surface area contributed by atoms with E-state index < -0.39 is 0 Å². The van der Waals surface area contributed by atoms with Gasteiger partial charge in [-0.3, -0.25) is 0 Å². The zero-order valence-corrected chi connectivity index (χ0v) is 56.6. The number of aromatic nitrogens is 1. The predicted molar refractivity (Wildman–Crippen MR) is 399 cm³/mol. The van der Waals surface area contributed by atoms with Gasteiger partial charge in [-0.05, 0) is 187 Å². The normalized spacial score (nSPS) is 13.7. The van der Waals surface area contributed by atoms with Gasteiger partial charge in [0.25, 0.3) is 6.71 Å². The maximum absolute atomic E-state index is 7.26. The van der Waals surface area contributed by atoms with Crippen LogP contribution in [0, 0.1) is 0 Å². The lowest BCUT2D eigenvalue weighted by Crippen LogP contribution is -2.62. The van der Waals surface area contributed by atoms with Crippen molar-refractivity contribution in [3.8, 4) is 5.69 Å². The van der Waals surface area contributed by atoms with Gasteiger partial charge in [0.1, 0.15) is 5.58 Å².